The summed E-state index contributed by atoms with van der Waals surface area (Å²) in [7, 11) is 0. The third-order valence-electron chi connectivity index (χ3n) is 8.82. The summed E-state index contributed by atoms with van der Waals surface area (Å²) in [5, 5.41) is 24.5. The molecule has 0 spiro atoms. The molecule has 0 amide bonds. The first-order chi connectivity index (χ1) is 21.3. The molecule has 0 heterocycles. The Kier molecular flexibility index (Phi) is 14.5. The molecule has 2 atom stereocenters. The monoisotopic (exact) mass is 602 g/mol. The normalized spacial score (nSPS) is 12.8. The Morgan fingerprint density at radius 1 is 0.523 bits per heavy atom. The fraction of sp³-hybridized carbons (Fsp3) is 0.526. The van der Waals surface area contributed by atoms with Gasteiger partial charge in [-0.2, -0.15) is 0 Å². The lowest BCUT2D eigenvalue weighted by Crippen LogP contribution is -2.20. The van der Waals surface area contributed by atoms with E-state index in [1.54, 1.807) is 0 Å². The summed E-state index contributed by atoms with van der Waals surface area (Å²) in [6.07, 6.45) is 12.4. The Balaban J connectivity index is 1.88. The van der Waals surface area contributed by atoms with Crippen LogP contribution in [-0.4, -0.2) is 33.7 Å². The first-order valence-corrected chi connectivity index (χ1v) is 16.7. The van der Waals surface area contributed by atoms with Gasteiger partial charge >= 0.3 is 11.9 Å². The summed E-state index contributed by atoms with van der Waals surface area (Å²) in [5.41, 5.74) is 1.03. The summed E-state index contributed by atoms with van der Waals surface area (Å²) in [6, 6.07) is 15.7. The van der Waals surface area contributed by atoms with Crippen molar-refractivity contribution < 1.29 is 29.4 Å². The molecule has 0 saturated heterocycles. The molecule has 0 aliphatic heterocycles. The number of carboxylic acid groups (broad SMARTS) is 2. The number of ketones is 2. The van der Waals surface area contributed by atoms with Gasteiger partial charge in [0, 0.05) is 12.8 Å². The van der Waals surface area contributed by atoms with Crippen molar-refractivity contribution in [3.63, 3.8) is 0 Å². The van der Waals surface area contributed by atoms with Gasteiger partial charge in [-0.3, -0.25) is 19.2 Å². The SMILES string of the molecule is CCCCCCCCCCC(C(=O)O)c1cc2cc3ccccc3cc2cc1C(CCCC(=O)C(=O)CCCCC)C(=O)O. The second-order valence-electron chi connectivity index (χ2n) is 12.3. The minimum Gasteiger partial charge on any atom is -0.481 e. The summed E-state index contributed by atoms with van der Waals surface area (Å²) in [6.45, 7) is 4.23. The van der Waals surface area contributed by atoms with Crippen LogP contribution in [0.4, 0.5) is 0 Å². The van der Waals surface area contributed by atoms with Gasteiger partial charge in [-0.15, -0.1) is 0 Å². The summed E-state index contributed by atoms with van der Waals surface area (Å²) in [5.74, 6) is -4.65. The fourth-order valence-electron chi connectivity index (χ4n) is 6.22. The average molecular weight is 603 g/mol. The van der Waals surface area contributed by atoms with Crippen LogP contribution in [0.15, 0.2) is 48.5 Å². The van der Waals surface area contributed by atoms with Crippen molar-refractivity contribution >= 4 is 45.0 Å². The van der Waals surface area contributed by atoms with Crippen LogP contribution in [0.25, 0.3) is 21.5 Å². The number of benzene rings is 3. The van der Waals surface area contributed by atoms with Crippen molar-refractivity contribution in [3.05, 3.63) is 59.7 Å². The minimum atomic E-state index is -1.05. The van der Waals surface area contributed by atoms with Crippen molar-refractivity contribution in [1.82, 2.24) is 0 Å². The highest BCUT2D eigenvalue weighted by atomic mass is 16.4. The Bertz CT molecular complexity index is 1410. The number of carboxylic acids is 2. The van der Waals surface area contributed by atoms with Gasteiger partial charge in [-0.25, -0.2) is 0 Å². The standard InChI is InChI=1S/C38H50O6/c1-3-5-7-8-9-10-11-13-19-31(37(41)42)33-25-29-23-27-17-14-15-18-28(27)24-30(29)26-34(33)32(38(43)44)20-16-22-36(40)35(39)21-12-6-4-2/h14-15,17-18,23-26,31-32H,3-13,16,19-22H2,1-2H3,(H,41,42)(H,43,44). The zero-order valence-electron chi connectivity index (χ0n) is 26.6. The molecule has 0 radical (unpaired) electrons. The Hall–Kier alpha value is -3.54. The summed E-state index contributed by atoms with van der Waals surface area (Å²) >= 11 is 0. The van der Waals surface area contributed by atoms with E-state index in [2.05, 4.69) is 6.92 Å². The lowest BCUT2D eigenvalue weighted by Gasteiger charge is -2.23. The third-order valence-corrected chi connectivity index (χ3v) is 8.82. The van der Waals surface area contributed by atoms with Gasteiger partial charge in [-0.1, -0.05) is 102 Å². The highest BCUT2D eigenvalue weighted by molar-refractivity contribution is 6.37. The molecule has 0 saturated carbocycles. The molecule has 0 aliphatic carbocycles. The Labute approximate surface area is 262 Å². The van der Waals surface area contributed by atoms with Crippen molar-refractivity contribution in [2.24, 2.45) is 0 Å². The molecule has 3 rings (SSSR count). The first kappa shape index (κ1) is 34.9. The lowest BCUT2D eigenvalue weighted by molar-refractivity contribution is -0.140. The predicted molar refractivity (Wildman–Crippen MR) is 177 cm³/mol. The molecular weight excluding hydrogens is 552 g/mol. The number of aliphatic carboxylic acids is 2. The third kappa shape index (κ3) is 10.3. The topological polar surface area (TPSA) is 109 Å². The maximum atomic E-state index is 12.7. The molecule has 238 valence electrons. The van der Waals surface area contributed by atoms with E-state index in [1.165, 1.54) is 25.7 Å². The van der Waals surface area contributed by atoms with Gasteiger partial charge < -0.3 is 10.2 Å². The highest BCUT2D eigenvalue weighted by Crippen LogP contribution is 2.37. The molecule has 2 unspecified atom stereocenters. The van der Waals surface area contributed by atoms with Gasteiger partial charge in [0.2, 0.25) is 0 Å². The first-order valence-electron chi connectivity index (χ1n) is 16.7. The molecule has 6 nitrogen and oxygen atoms in total. The van der Waals surface area contributed by atoms with E-state index in [9.17, 15) is 29.4 Å². The number of unbranched alkanes of at least 4 members (excludes halogenated alkanes) is 9. The van der Waals surface area contributed by atoms with Crippen LogP contribution in [0.2, 0.25) is 0 Å². The fourth-order valence-corrected chi connectivity index (χ4v) is 6.22. The van der Waals surface area contributed by atoms with Crippen LogP contribution >= 0.6 is 0 Å². The molecule has 6 heteroatoms. The zero-order chi connectivity index (χ0) is 31.9. The molecule has 3 aromatic carbocycles. The molecule has 0 fully saturated rings. The van der Waals surface area contributed by atoms with E-state index in [0.717, 1.165) is 60.1 Å². The number of hydrogen-bond acceptors (Lipinski definition) is 4. The van der Waals surface area contributed by atoms with Crippen LogP contribution in [0.1, 0.15) is 140 Å². The van der Waals surface area contributed by atoms with Crippen molar-refractivity contribution in [2.45, 2.75) is 128 Å². The van der Waals surface area contributed by atoms with Crippen LogP contribution in [0.3, 0.4) is 0 Å². The highest BCUT2D eigenvalue weighted by Gasteiger charge is 2.30. The molecule has 0 aromatic heterocycles. The smallest absolute Gasteiger partial charge is 0.310 e. The molecular formula is C38H50O6. The molecule has 0 aliphatic rings. The second kappa shape index (κ2) is 18.3. The average Bonchev–Trinajstić information content (AvgIpc) is 3.00. The second-order valence-corrected chi connectivity index (χ2v) is 12.3. The zero-order valence-corrected chi connectivity index (χ0v) is 26.6. The van der Waals surface area contributed by atoms with Crippen molar-refractivity contribution in [3.8, 4) is 0 Å². The van der Waals surface area contributed by atoms with Gasteiger partial charge in [0.1, 0.15) is 0 Å². The van der Waals surface area contributed by atoms with Crippen LogP contribution in [0, 0.1) is 0 Å². The van der Waals surface area contributed by atoms with Gasteiger partial charge in [0.15, 0.2) is 11.6 Å². The largest absolute Gasteiger partial charge is 0.481 e. The van der Waals surface area contributed by atoms with Gasteiger partial charge in [0.05, 0.1) is 11.8 Å². The summed E-state index contributed by atoms with van der Waals surface area (Å²) < 4.78 is 0. The number of hydrogen-bond donors (Lipinski definition) is 2. The molecule has 0 bridgehead atoms. The molecule has 44 heavy (non-hydrogen) atoms. The van der Waals surface area contributed by atoms with Gasteiger partial charge in [0.25, 0.3) is 0 Å². The van der Waals surface area contributed by atoms with Crippen molar-refractivity contribution in [2.75, 3.05) is 0 Å². The van der Waals surface area contributed by atoms with E-state index in [1.807, 2.05) is 55.5 Å². The van der Waals surface area contributed by atoms with E-state index in [-0.39, 0.29) is 31.5 Å². The lowest BCUT2D eigenvalue weighted by atomic mass is 9.81. The minimum absolute atomic E-state index is 0.00288. The van der Waals surface area contributed by atoms with E-state index < -0.39 is 29.6 Å². The number of fused-ring (bicyclic) bond motifs is 2. The number of rotatable bonds is 22. The number of carbonyl (C=O) groups excluding carboxylic acids is 2. The maximum absolute atomic E-state index is 12.7. The van der Waals surface area contributed by atoms with Crippen LogP contribution in [-0.2, 0) is 19.2 Å². The van der Waals surface area contributed by atoms with E-state index >= 15 is 0 Å². The molecule has 3 aromatic rings. The quantitative estimate of drug-likeness (QED) is 0.0673. The number of carbonyl (C=O) groups is 4. The van der Waals surface area contributed by atoms with E-state index in [4.69, 9.17) is 0 Å². The Morgan fingerprint density at radius 2 is 0.932 bits per heavy atom. The van der Waals surface area contributed by atoms with E-state index in [0.29, 0.717) is 24.0 Å². The molecule has 2 N–H and O–H groups in total. The van der Waals surface area contributed by atoms with Crippen LogP contribution < -0.4 is 0 Å². The van der Waals surface area contributed by atoms with Crippen molar-refractivity contribution in [1.29, 1.82) is 0 Å². The maximum Gasteiger partial charge on any atom is 0.310 e. The van der Waals surface area contributed by atoms with Crippen LogP contribution in [0.5, 0.6) is 0 Å². The summed E-state index contributed by atoms with van der Waals surface area (Å²) in [4.78, 5) is 50.1. The van der Waals surface area contributed by atoms with Gasteiger partial charge in [-0.05, 0) is 82.6 Å². The Morgan fingerprint density at radius 3 is 1.41 bits per heavy atom. The number of Topliss-reactive ketones (excluding diaryl/α,β-unsaturated/α-hetero) is 2. The predicted octanol–water partition coefficient (Wildman–Crippen LogP) is 9.75.